The second-order valence-corrected chi connectivity index (χ2v) is 7.72. The summed E-state index contributed by atoms with van der Waals surface area (Å²) in [7, 11) is 2.21. The quantitative estimate of drug-likeness (QED) is 0.904. The fraction of sp³-hybridized carbons (Fsp3) is 0.778. The lowest BCUT2D eigenvalue weighted by Crippen LogP contribution is -2.48. The van der Waals surface area contributed by atoms with E-state index >= 15 is 0 Å². The second kappa shape index (κ2) is 7.66. The minimum atomic E-state index is 0.375. The molecule has 2 N–H and O–H groups in total. The molecule has 134 valence electrons. The van der Waals surface area contributed by atoms with Crippen LogP contribution in [0.15, 0.2) is 6.07 Å². The van der Waals surface area contributed by atoms with Gasteiger partial charge in [-0.2, -0.15) is 4.98 Å². The molecule has 2 saturated heterocycles. The summed E-state index contributed by atoms with van der Waals surface area (Å²) in [6.45, 7) is 12.5. The number of likely N-dealkylation sites (N-methyl/N-ethyl adjacent to an activating group) is 1. The molecule has 0 radical (unpaired) electrons. The van der Waals surface area contributed by atoms with E-state index in [4.69, 9.17) is 5.73 Å². The lowest BCUT2D eigenvalue weighted by Gasteiger charge is -2.39. The first-order valence-corrected chi connectivity index (χ1v) is 9.31. The molecule has 1 aromatic heterocycles. The Morgan fingerprint density at radius 1 is 1.17 bits per heavy atom. The zero-order chi connectivity index (χ0) is 17.1. The highest BCUT2D eigenvalue weighted by Gasteiger charge is 2.25. The van der Waals surface area contributed by atoms with Gasteiger partial charge in [0.05, 0.1) is 5.69 Å². The van der Waals surface area contributed by atoms with Crippen LogP contribution in [0.2, 0.25) is 0 Å². The van der Waals surface area contributed by atoms with Gasteiger partial charge < -0.3 is 20.4 Å². The van der Waals surface area contributed by atoms with Gasteiger partial charge >= 0.3 is 0 Å². The van der Waals surface area contributed by atoms with Gasteiger partial charge in [-0.1, -0.05) is 13.8 Å². The number of piperidine rings is 1. The molecule has 2 aliphatic heterocycles. The number of hydrogen-bond donors (Lipinski definition) is 1. The number of piperazine rings is 1. The molecule has 2 fully saturated rings. The molecule has 0 amide bonds. The highest BCUT2D eigenvalue weighted by molar-refractivity contribution is 5.44. The second-order valence-electron chi connectivity index (χ2n) is 7.72. The minimum Gasteiger partial charge on any atom is -0.368 e. The number of anilines is 2. The summed E-state index contributed by atoms with van der Waals surface area (Å²) in [6, 6.07) is 2.12. The van der Waals surface area contributed by atoms with E-state index in [1.54, 1.807) is 0 Å². The maximum atomic E-state index is 5.94. The third kappa shape index (κ3) is 4.36. The van der Waals surface area contributed by atoms with Gasteiger partial charge in [0.15, 0.2) is 0 Å². The molecule has 3 heterocycles. The van der Waals surface area contributed by atoms with Gasteiger partial charge in [-0.05, 0) is 31.7 Å². The summed E-state index contributed by atoms with van der Waals surface area (Å²) in [5, 5.41) is 0. The fourth-order valence-corrected chi connectivity index (χ4v) is 3.75. The van der Waals surface area contributed by atoms with Crippen molar-refractivity contribution in [3.8, 4) is 0 Å². The average Bonchev–Trinajstić information content (AvgIpc) is 2.57. The maximum absolute atomic E-state index is 5.94. The molecule has 0 saturated carbocycles. The molecule has 0 spiro atoms. The van der Waals surface area contributed by atoms with Crippen LogP contribution in [0.3, 0.4) is 0 Å². The Labute approximate surface area is 146 Å². The van der Waals surface area contributed by atoms with E-state index in [-0.39, 0.29) is 0 Å². The Balaban J connectivity index is 1.63. The number of nitrogen functional groups attached to an aromatic ring is 1. The smallest absolute Gasteiger partial charge is 0.222 e. The van der Waals surface area contributed by atoms with Crippen LogP contribution in [0.5, 0.6) is 0 Å². The van der Waals surface area contributed by atoms with Gasteiger partial charge in [0.2, 0.25) is 5.95 Å². The normalized spacial score (nSPS) is 23.8. The number of hydrogen-bond acceptors (Lipinski definition) is 6. The lowest BCUT2D eigenvalue weighted by atomic mass is 9.97. The van der Waals surface area contributed by atoms with Gasteiger partial charge in [-0.15, -0.1) is 0 Å². The molecule has 24 heavy (non-hydrogen) atoms. The van der Waals surface area contributed by atoms with Crippen LogP contribution in [0.1, 0.15) is 38.3 Å². The topological polar surface area (TPSA) is 61.5 Å². The van der Waals surface area contributed by atoms with Crippen molar-refractivity contribution < 1.29 is 0 Å². The highest BCUT2D eigenvalue weighted by Crippen LogP contribution is 2.25. The molecule has 6 heteroatoms. The van der Waals surface area contributed by atoms with Crippen molar-refractivity contribution in [2.45, 2.75) is 32.6 Å². The van der Waals surface area contributed by atoms with Crippen molar-refractivity contribution >= 4 is 11.8 Å². The van der Waals surface area contributed by atoms with E-state index in [9.17, 15) is 0 Å². The predicted octanol–water partition coefficient (Wildman–Crippen LogP) is 1.65. The van der Waals surface area contributed by atoms with Gasteiger partial charge in [0.25, 0.3) is 0 Å². The van der Waals surface area contributed by atoms with E-state index in [1.165, 1.54) is 45.6 Å². The first-order valence-electron chi connectivity index (χ1n) is 9.31. The average molecular weight is 332 g/mol. The number of rotatable bonds is 4. The number of aromatic nitrogens is 2. The summed E-state index contributed by atoms with van der Waals surface area (Å²) in [5.74, 6) is 2.51. The summed E-state index contributed by atoms with van der Waals surface area (Å²) in [4.78, 5) is 16.3. The molecule has 1 atom stereocenters. The Morgan fingerprint density at radius 3 is 2.62 bits per heavy atom. The van der Waals surface area contributed by atoms with Gasteiger partial charge in [0.1, 0.15) is 5.82 Å². The van der Waals surface area contributed by atoms with E-state index < -0.39 is 0 Å². The van der Waals surface area contributed by atoms with Crippen LogP contribution in [0.4, 0.5) is 11.8 Å². The van der Waals surface area contributed by atoms with Crippen molar-refractivity contribution in [3.63, 3.8) is 0 Å². The van der Waals surface area contributed by atoms with Crippen molar-refractivity contribution in [1.82, 2.24) is 19.8 Å². The molecule has 0 unspecified atom stereocenters. The molecule has 2 aliphatic rings. The zero-order valence-corrected chi connectivity index (χ0v) is 15.4. The predicted molar refractivity (Wildman–Crippen MR) is 99.4 cm³/mol. The Hall–Kier alpha value is -1.40. The van der Waals surface area contributed by atoms with Crippen molar-refractivity contribution in [2.24, 2.45) is 5.92 Å². The minimum absolute atomic E-state index is 0.375. The lowest BCUT2D eigenvalue weighted by molar-refractivity contribution is 0.131. The third-order valence-corrected chi connectivity index (χ3v) is 5.30. The summed E-state index contributed by atoms with van der Waals surface area (Å²) in [6.07, 6.45) is 2.56. The van der Waals surface area contributed by atoms with Gasteiger partial charge in [-0.3, -0.25) is 0 Å². The molecule has 1 aromatic rings. The van der Waals surface area contributed by atoms with Crippen LogP contribution in [-0.4, -0.2) is 72.6 Å². The van der Waals surface area contributed by atoms with E-state index in [2.05, 4.69) is 51.6 Å². The Kier molecular flexibility index (Phi) is 5.56. The molecule has 6 nitrogen and oxygen atoms in total. The Bertz CT molecular complexity index is 538. The van der Waals surface area contributed by atoms with Gasteiger partial charge in [-0.25, -0.2) is 4.98 Å². The van der Waals surface area contributed by atoms with Crippen LogP contribution < -0.4 is 10.6 Å². The number of nitrogens with zero attached hydrogens (tertiary/aromatic N) is 5. The van der Waals surface area contributed by atoms with E-state index in [1.807, 2.05) is 0 Å². The zero-order valence-electron chi connectivity index (χ0n) is 15.4. The molecule has 0 aromatic carbocycles. The molecule has 3 rings (SSSR count). The maximum Gasteiger partial charge on any atom is 0.222 e. The molecular weight excluding hydrogens is 300 g/mol. The Morgan fingerprint density at radius 2 is 1.92 bits per heavy atom. The highest BCUT2D eigenvalue weighted by atomic mass is 15.3. The monoisotopic (exact) mass is 332 g/mol. The molecule has 0 bridgehead atoms. The van der Waals surface area contributed by atoms with Gasteiger partial charge in [0, 0.05) is 51.9 Å². The van der Waals surface area contributed by atoms with Crippen LogP contribution >= 0.6 is 0 Å². The summed E-state index contributed by atoms with van der Waals surface area (Å²) < 4.78 is 0. The van der Waals surface area contributed by atoms with E-state index in [0.717, 1.165) is 30.5 Å². The fourth-order valence-electron chi connectivity index (χ4n) is 3.75. The van der Waals surface area contributed by atoms with Crippen molar-refractivity contribution in [3.05, 3.63) is 11.8 Å². The third-order valence-electron chi connectivity index (χ3n) is 5.30. The van der Waals surface area contributed by atoms with Crippen molar-refractivity contribution in [2.75, 3.05) is 63.5 Å². The first kappa shape index (κ1) is 17.4. The SMILES string of the molecule is CC(C)c1cc(N2CCC[C@H](CN3CCN(C)CC3)C2)nc(N)n1. The molecular formula is C18H32N6. The van der Waals surface area contributed by atoms with Crippen molar-refractivity contribution in [1.29, 1.82) is 0 Å². The van der Waals surface area contributed by atoms with Crippen LogP contribution in [0, 0.1) is 5.92 Å². The summed E-state index contributed by atoms with van der Waals surface area (Å²) >= 11 is 0. The van der Waals surface area contributed by atoms with E-state index in [0.29, 0.717) is 11.9 Å². The molecule has 0 aliphatic carbocycles. The largest absolute Gasteiger partial charge is 0.368 e. The number of nitrogens with two attached hydrogens (primary N) is 1. The van der Waals surface area contributed by atoms with Crippen LogP contribution in [0.25, 0.3) is 0 Å². The summed E-state index contributed by atoms with van der Waals surface area (Å²) in [5.41, 5.74) is 6.98. The standard InChI is InChI=1S/C18H32N6/c1-14(2)16-11-17(21-18(19)20-16)24-6-4-5-15(13-24)12-23-9-7-22(3)8-10-23/h11,14-15H,4-10,12-13H2,1-3H3,(H2,19,20,21)/t15-/m1/s1. The first-order chi connectivity index (χ1) is 11.5. The van der Waals surface area contributed by atoms with Crippen LogP contribution in [-0.2, 0) is 0 Å².